The van der Waals surface area contributed by atoms with Crippen molar-refractivity contribution in [2.45, 2.75) is 55.0 Å². The first-order chi connectivity index (χ1) is 10.9. The van der Waals surface area contributed by atoms with E-state index in [-0.39, 0.29) is 34.8 Å². The highest BCUT2D eigenvalue weighted by Crippen LogP contribution is 2.29. The van der Waals surface area contributed by atoms with E-state index in [1.807, 2.05) is 0 Å². The van der Waals surface area contributed by atoms with Crippen LogP contribution in [0.5, 0.6) is 0 Å². The molecule has 0 heterocycles. The molecule has 2 saturated carbocycles. The Morgan fingerprint density at radius 3 is 2.25 bits per heavy atom. The zero-order valence-electron chi connectivity index (χ0n) is 13.5. The molecule has 1 aromatic carbocycles. The lowest BCUT2D eigenvalue weighted by atomic mass is 9.97. The van der Waals surface area contributed by atoms with Gasteiger partial charge in [0.2, 0.25) is 10.0 Å². The van der Waals surface area contributed by atoms with Crippen molar-refractivity contribution in [1.29, 1.82) is 0 Å². The Hall–Kier alpha value is -1.15. The Labute approximate surface area is 149 Å². The summed E-state index contributed by atoms with van der Waals surface area (Å²) in [4.78, 5) is 12.6. The van der Waals surface area contributed by atoms with Crippen LogP contribution in [0.1, 0.15) is 48.9 Å². The molecule has 2 aliphatic rings. The van der Waals surface area contributed by atoms with Crippen molar-refractivity contribution in [3.05, 3.63) is 29.8 Å². The molecule has 2 fully saturated rings. The Bertz CT molecular complexity index is 681. The van der Waals surface area contributed by atoms with Crippen molar-refractivity contribution in [2.24, 2.45) is 5.73 Å². The van der Waals surface area contributed by atoms with E-state index in [1.54, 1.807) is 12.1 Å². The molecule has 4 N–H and O–H groups in total. The standard InChI is InChI=1S/C16H23N3O3S.ClH/c17-11-16(9-1-2-10-16)18-15(20)12-3-7-14(8-4-12)23(21,22)19-13-5-6-13;/h3-4,7-8,13,19H,1-2,5-6,9-11,17H2,(H,18,20);1H. The highest BCUT2D eigenvalue weighted by atomic mass is 35.5. The minimum Gasteiger partial charge on any atom is -0.345 e. The van der Waals surface area contributed by atoms with Crippen LogP contribution in [-0.4, -0.2) is 32.5 Å². The highest BCUT2D eigenvalue weighted by Gasteiger charge is 2.34. The van der Waals surface area contributed by atoms with E-state index >= 15 is 0 Å². The Kier molecular flexibility index (Phi) is 5.91. The van der Waals surface area contributed by atoms with Gasteiger partial charge >= 0.3 is 0 Å². The van der Waals surface area contributed by atoms with Gasteiger partial charge in [-0.25, -0.2) is 13.1 Å². The van der Waals surface area contributed by atoms with Crippen LogP contribution in [0.15, 0.2) is 29.2 Å². The summed E-state index contributed by atoms with van der Waals surface area (Å²) in [6, 6.07) is 6.12. The maximum atomic E-state index is 12.4. The zero-order valence-corrected chi connectivity index (χ0v) is 15.1. The quantitative estimate of drug-likeness (QED) is 0.704. The molecule has 0 saturated heterocycles. The van der Waals surface area contributed by atoms with Gasteiger partial charge in [0.15, 0.2) is 0 Å². The van der Waals surface area contributed by atoms with Crippen LogP contribution in [0.25, 0.3) is 0 Å². The van der Waals surface area contributed by atoms with Crippen molar-refractivity contribution in [3.8, 4) is 0 Å². The van der Waals surface area contributed by atoms with Crippen LogP contribution in [0, 0.1) is 0 Å². The number of carbonyl (C=O) groups excluding carboxylic acids is 1. The van der Waals surface area contributed by atoms with E-state index in [0.29, 0.717) is 12.1 Å². The summed E-state index contributed by atoms with van der Waals surface area (Å²) in [5.41, 5.74) is 5.97. The largest absolute Gasteiger partial charge is 0.345 e. The number of hydrogen-bond acceptors (Lipinski definition) is 4. The Balaban J connectivity index is 0.00000208. The van der Waals surface area contributed by atoms with Crippen LogP contribution >= 0.6 is 12.4 Å². The molecule has 0 unspecified atom stereocenters. The number of carbonyl (C=O) groups is 1. The zero-order chi connectivity index (χ0) is 16.5. The fourth-order valence-corrected chi connectivity index (χ4v) is 4.32. The Morgan fingerprint density at radius 2 is 1.75 bits per heavy atom. The summed E-state index contributed by atoms with van der Waals surface area (Å²) < 4.78 is 26.8. The monoisotopic (exact) mass is 373 g/mol. The van der Waals surface area contributed by atoms with Crippen LogP contribution in [-0.2, 0) is 10.0 Å². The third kappa shape index (κ3) is 4.27. The van der Waals surface area contributed by atoms with Crippen LogP contribution in [0.4, 0.5) is 0 Å². The number of halogens is 1. The number of amides is 1. The summed E-state index contributed by atoms with van der Waals surface area (Å²) in [6.07, 6.45) is 5.71. The topological polar surface area (TPSA) is 101 Å². The third-order valence-corrected chi connectivity index (χ3v) is 6.19. The third-order valence-electron chi connectivity index (χ3n) is 4.66. The SMILES string of the molecule is Cl.NCC1(NC(=O)c2ccc(S(=O)(=O)NC3CC3)cc2)CCCC1. The molecule has 0 aromatic heterocycles. The molecule has 0 bridgehead atoms. The van der Waals surface area contributed by atoms with E-state index in [0.717, 1.165) is 38.5 Å². The van der Waals surface area contributed by atoms with Crippen molar-refractivity contribution >= 4 is 28.3 Å². The second-order valence-electron chi connectivity index (χ2n) is 6.57. The lowest BCUT2D eigenvalue weighted by Gasteiger charge is -2.28. The van der Waals surface area contributed by atoms with E-state index in [1.165, 1.54) is 12.1 Å². The molecule has 0 radical (unpaired) electrons. The van der Waals surface area contributed by atoms with Gasteiger partial charge in [0.1, 0.15) is 0 Å². The number of nitrogens with two attached hydrogens (primary N) is 1. The van der Waals surface area contributed by atoms with Gasteiger partial charge in [-0.2, -0.15) is 0 Å². The molecule has 1 amide bonds. The van der Waals surface area contributed by atoms with Gasteiger partial charge in [-0.3, -0.25) is 4.79 Å². The van der Waals surface area contributed by atoms with Crippen LogP contribution < -0.4 is 15.8 Å². The average Bonchev–Trinajstić information content (AvgIpc) is 3.22. The predicted octanol–water partition coefficient (Wildman–Crippen LogP) is 1.55. The van der Waals surface area contributed by atoms with Crippen molar-refractivity contribution < 1.29 is 13.2 Å². The van der Waals surface area contributed by atoms with Crippen molar-refractivity contribution in [1.82, 2.24) is 10.0 Å². The lowest BCUT2D eigenvalue weighted by Crippen LogP contribution is -2.51. The highest BCUT2D eigenvalue weighted by molar-refractivity contribution is 7.89. The number of hydrogen-bond donors (Lipinski definition) is 3. The fourth-order valence-electron chi connectivity index (χ4n) is 3.02. The number of sulfonamides is 1. The van der Waals surface area contributed by atoms with Crippen molar-refractivity contribution in [3.63, 3.8) is 0 Å². The van der Waals surface area contributed by atoms with Gasteiger partial charge in [0.25, 0.3) is 5.91 Å². The van der Waals surface area contributed by atoms with Gasteiger partial charge in [-0.15, -0.1) is 12.4 Å². The molecule has 0 atom stereocenters. The summed E-state index contributed by atoms with van der Waals surface area (Å²) in [7, 11) is -3.48. The van der Waals surface area contributed by atoms with E-state index < -0.39 is 10.0 Å². The molecule has 0 spiro atoms. The van der Waals surface area contributed by atoms with E-state index in [4.69, 9.17) is 5.73 Å². The molecule has 134 valence electrons. The molecule has 6 nitrogen and oxygen atoms in total. The molecular formula is C16H24ClN3O3S. The summed E-state index contributed by atoms with van der Waals surface area (Å²) in [6.45, 7) is 0.427. The summed E-state index contributed by atoms with van der Waals surface area (Å²) in [5.74, 6) is -0.198. The predicted molar refractivity (Wildman–Crippen MR) is 94.8 cm³/mol. The second kappa shape index (κ2) is 7.39. The normalized spacial score (nSPS) is 19.5. The van der Waals surface area contributed by atoms with E-state index in [2.05, 4.69) is 10.0 Å². The van der Waals surface area contributed by atoms with Gasteiger partial charge in [-0.05, 0) is 49.9 Å². The van der Waals surface area contributed by atoms with Crippen LogP contribution in [0.2, 0.25) is 0 Å². The average molecular weight is 374 g/mol. The summed E-state index contributed by atoms with van der Waals surface area (Å²) in [5, 5.41) is 3.03. The smallest absolute Gasteiger partial charge is 0.251 e. The molecule has 8 heteroatoms. The minimum absolute atomic E-state index is 0. The number of nitrogens with one attached hydrogen (secondary N) is 2. The lowest BCUT2D eigenvalue weighted by molar-refractivity contribution is 0.0903. The van der Waals surface area contributed by atoms with Gasteiger partial charge in [0.05, 0.1) is 10.4 Å². The van der Waals surface area contributed by atoms with Crippen molar-refractivity contribution in [2.75, 3.05) is 6.54 Å². The fraction of sp³-hybridized carbons (Fsp3) is 0.562. The van der Waals surface area contributed by atoms with E-state index in [9.17, 15) is 13.2 Å². The second-order valence-corrected chi connectivity index (χ2v) is 8.28. The number of benzene rings is 1. The first-order valence-electron chi connectivity index (χ1n) is 8.09. The van der Waals surface area contributed by atoms with Crippen LogP contribution in [0.3, 0.4) is 0 Å². The molecule has 0 aliphatic heterocycles. The molecule has 3 rings (SSSR count). The van der Waals surface area contributed by atoms with Gasteiger partial charge < -0.3 is 11.1 Å². The minimum atomic E-state index is -3.48. The van der Waals surface area contributed by atoms with Gasteiger partial charge in [0, 0.05) is 18.2 Å². The molecule has 2 aliphatic carbocycles. The first kappa shape index (κ1) is 19.2. The molecule has 24 heavy (non-hydrogen) atoms. The molecule has 1 aromatic rings. The molecular weight excluding hydrogens is 350 g/mol. The summed E-state index contributed by atoms with van der Waals surface area (Å²) >= 11 is 0. The maximum absolute atomic E-state index is 12.4. The first-order valence-corrected chi connectivity index (χ1v) is 9.57. The maximum Gasteiger partial charge on any atom is 0.251 e. The Morgan fingerprint density at radius 1 is 1.17 bits per heavy atom. The number of rotatable bonds is 6. The van der Waals surface area contributed by atoms with Gasteiger partial charge in [-0.1, -0.05) is 12.8 Å².